The molecule has 0 aliphatic carbocycles. The third kappa shape index (κ3) is 2.08. The van der Waals surface area contributed by atoms with Crippen LogP contribution >= 0.6 is 0 Å². The largest absolute Gasteiger partial charge is 0.359 e. The molecule has 1 N–H and O–H groups in total. The average molecular weight is 195 g/mol. The smallest absolute Gasteiger partial charge is 0.203 e. The lowest BCUT2D eigenvalue weighted by atomic mass is 10.0. The molecule has 1 aromatic heterocycles. The van der Waals surface area contributed by atoms with Crippen LogP contribution in [0.1, 0.15) is 38.9 Å². The number of hydrogen-bond acceptors (Lipinski definition) is 2. The van der Waals surface area contributed by atoms with Crippen molar-refractivity contribution in [3.63, 3.8) is 0 Å². The molecular formula is C11H21N3. The fourth-order valence-electron chi connectivity index (χ4n) is 1.94. The zero-order valence-electron chi connectivity index (χ0n) is 9.83. The maximum Gasteiger partial charge on any atom is 0.203 e. The van der Waals surface area contributed by atoms with Gasteiger partial charge in [-0.3, -0.25) is 0 Å². The molecule has 0 saturated carbocycles. The van der Waals surface area contributed by atoms with Crippen molar-refractivity contribution in [1.29, 1.82) is 0 Å². The third-order valence-electron chi connectivity index (χ3n) is 2.62. The van der Waals surface area contributed by atoms with E-state index < -0.39 is 0 Å². The Morgan fingerprint density at radius 3 is 2.57 bits per heavy atom. The fourth-order valence-corrected chi connectivity index (χ4v) is 1.94. The lowest BCUT2D eigenvalue weighted by molar-refractivity contribution is 0.369. The molecule has 1 aromatic rings. The molecule has 1 rings (SSSR count). The van der Waals surface area contributed by atoms with Crippen LogP contribution in [0.4, 0.5) is 5.95 Å². The minimum atomic E-state index is 0.540. The lowest BCUT2D eigenvalue weighted by Gasteiger charge is -2.22. The van der Waals surface area contributed by atoms with Gasteiger partial charge in [0.25, 0.3) is 0 Å². The highest BCUT2D eigenvalue weighted by Gasteiger charge is 2.16. The van der Waals surface area contributed by atoms with Gasteiger partial charge in [-0.15, -0.1) is 0 Å². The van der Waals surface area contributed by atoms with E-state index in [1.165, 1.54) is 0 Å². The van der Waals surface area contributed by atoms with Crippen LogP contribution in [0.2, 0.25) is 0 Å². The van der Waals surface area contributed by atoms with Gasteiger partial charge in [-0.05, 0) is 19.3 Å². The van der Waals surface area contributed by atoms with Crippen molar-refractivity contribution in [2.45, 2.75) is 40.2 Å². The molecule has 0 aliphatic heterocycles. The van der Waals surface area contributed by atoms with Gasteiger partial charge in [-0.1, -0.05) is 20.8 Å². The second kappa shape index (κ2) is 4.49. The summed E-state index contributed by atoms with van der Waals surface area (Å²) < 4.78 is 2.25. The zero-order chi connectivity index (χ0) is 10.7. The predicted molar refractivity (Wildman–Crippen MR) is 60.7 cm³/mol. The molecule has 1 atom stereocenters. The quantitative estimate of drug-likeness (QED) is 0.800. The first-order valence-electron chi connectivity index (χ1n) is 5.33. The van der Waals surface area contributed by atoms with Gasteiger partial charge >= 0.3 is 0 Å². The molecule has 1 heterocycles. The SMILES string of the molecule is CCC(C(C)C)n1cc(C)nc1NC. The third-order valence-corrected chi connectivity index (χ3v) is 2.62. The van der Waals surface area contributed by atoms with Crippen LogP contribution in [0, 0.1) is 12.8 Å². The Morgan fingerprint density at radius 1 is 1.50 bits per heavy atom. The van der Waals surface area contributed by atoms with Gasteiger partial charge in [0.1, 0.15) is 0 Å². The van der Waals surface area contributed by atoms with Crippen LogP contribution in [-0.4, -0.2) is 16.6 Å². The van der Waals surface area contributed by atoms with Crippen molar-refractivity contribution in [2.75, 3.05) is 12.4 Å². The first kappa shape index (κ1) is 11.1. The highest BCUT2D eigenvalue weighted by molar-refractivity contribution is 5.28. The van der Waals surface area contributed by atoms with Crippen molar-refractivity contribution in [3.8, 4) is 0 Å². The molecule has 1 unspecified atom stereocenters. The van der Waals surface area contributed by atoms with Crippen LogP contribution < -0.4 is 5.32 Å². The minimum absolute atomic E-state index is 0.540. The number of hydrogen-bond donors (Lipinski definition) is 1. The normalized spacial score (nSPS) is 13.3. The second-order valence-electron chi connectivity index (χ2n) is 4.08. The number of imidazole rings is 1. The summed E-state index contributed by atoms with van der Waals surface area (Å²) in [6, 6.07) is 0.540. The summed E-state index contributed by atoms with van der Waals surface area (Å²) in [5.74, 6) is 1.61. The van der Waals surface area contributed by atoms with E-state index in [1.54, 1.807) is 0 Å². The maximum absolute atomic E-state index is 4.43. The zero-order valence-corrected chi connectivity index (χ0v) is 9.83. The van der Waals surface area contributed by atoms with Crippen molar-refractivity contribution in [1.82, 2.24) is 9.55 Å². The number of rotatable bonds is 4. The van der Waals surface area contributed by atoms with E-state index in [2.05, 4.69) is 41.8 Å². The molecule has 14 heavy (non-hydrogen) atoms. The van der Waals surface area contributed by atoms with Crippen LogP contribution in [0.15, 0.2) is 6.20 Å². The number of anilines is 1. The van der Waals surface area contributed by atoms with Gasteiger partial charge in [0.2, 0.25) is 5.95 Å². The van der Waals surface area contributed by atoms with Crippen molar-refractivity contribution >= 4 is 5.95 Å². The van der Waals surface area contributed by atoms with E-state index in [9.17, 15) is 0 Å². The predicted octanol–water partition coefficient (Wildman–Crippen LogP) is 2.84. The Labute approximate surface area is 86.5 Å². The summed E-state index contributed by atoms with van der Waals surface area (Å²) in [7, 11) is 1.92. The van der Waals surface area contributed by atoms with Crippen LogP contribution in [0.5, 0.6) is 0 Å². The molecule has 0 saturated heterocycles. The van der Waals surface area contributed by atoms with Gasteiger partial charge in [0, 0.05) is 19.3 Å². The summed E-state index contributed by atoms with van der Waals surface area (Å²) >= 11 is 0. The summed E-state index contributed by atoms with van der Waals surface area (Å²) in [5.41, 5.74) is 1.08. The molecule has 0 aliphatic rings. The summed E-state index contributed by atoms with van der Waals surface area (Å²) in [4.78, 5) is 4.43. The van der Waals surface area contributed by atoms with E-state index in [0.29, 0.717) is 12.0 Å². The first-order chi connectivity index (χ1) is 6.60. The number of nitrogens with zero attached hydrogens (tertiary/aromatic N) is 2. The molecule has 0 fully saturated rings. The Kier molecular flexibility index (Phi) is 3.55. The van der Waals surface area contributed by atoms with E-state index in [1.807, 2.05) is 14.0 Å². The summed E-state index contributed by atoms with van der Waals surface area (Å²) in [5, 5.41) is 3.14. The molecule has 0 aromatic carbocycles. The highest BCUT2D eigenvalue weighted by Crippen LogP contribution is 2.25. The van der Waals surface area contributed by atoms with E-state index >= 15 is 0 Å². The monoisotopic (exact) mass is 195 g/mol. The van der Waals surface area contributed by atoms with Crippen molar-refractivity contribution in [2.24, 2.45) is 5.92 Å². The maximum atomic E-state index is 4.43. The molecule has 3 nitrogen and oxygen atoms in total. The van der Waals surface area contributed by atoms with E-state index in [-0.39, 0.29) is 0 Å². The van der Waals surface area contributed by atoms with Gasteiger partial charge < -0.3 is 9.88 Å². The van der Waals surface area contributed by atoms with E-state index in [4.69, 9.17) is 0 Å². The standard InChI is InChI=1S/C11H21N3/c1-6-10(8(2)3)14-7-9(4)13-11(14)12-5/h7-8,10H,6H2,1-5H3,(H,12,13). The molecule has 0 bridgehead atoms. The fraction of sp³-hybridized carbons (Fsp3) is 0.727. The van der Waals surface area contributed by atoms with Gasteiger partial charge in [-0.25, -0.2) is 4.98 Å². The minimum Gasteiger partial charge on any atom is -0.359 e. The highest BCUT2D eigenvalue weighted by atomic mass is 15.2. The summed E-state index contributed by atoms with van der Waals surface area (Å²) in [6.07, 6.45) is 3.27. The molecule has 0 amide bonds. The van der Waals surface area contributed by atoms with Gasteiger partial charge in [0.15, 0.2) is 0 Å². The van der Waals surface area contributed by atoms with E-state index in [0.717, 1.165) is 18.1 Å². The Bertz CT molecular complexity index is 289. The van der Waals surface area contributed by atoms with Crippen molar-refractivity contribution < 1.29 is 0 Å². The second-order valence-corrected chi connectivity index (χ2v) is 4.08. The molecule has 3 heteroatoms. The summed E-state index contributed by atoms with van der Waals surface area (Å²) in [6.45, 7) is 8.76. The molecular weight excluding hydrogens is 174 g/mol. The van der Waals surface area contributed by atoms with Gasteiger partial charge in [-0.2, -0.15) is 0 Å². The van der Waals surface area contributed by atoms with Gasteiger partial charge in [0.05, 0.1) is 5.69 Å². The average Bonchev–Trinajstić information content (AvgIpc) is 2.47. The topological polar surface area (TPSA) is 29.9 Å². The number of aromatic nitrogens is 2. The number of aryl methyl sites for hydroxylation is 1. The Balaban J connectivity index is 3.02. The Hall–Kier alpha value is -0.990. The Morgan fingerprint density at radius 2 is 2.14 bits per heavy atom. The van der Waals surface area contributed by atoms with Crippen LogP contribution in [0.25, 0.3) is 0 Å². The molecule has 0 radical (unpaired) electrons. The molecule has 0 spiro atoms. The van der Waals surface area contributed by atoms with Crippen molar-refractivity contribution in [3.05, 3.63) is 11.9 Å². The van der Waals surface area contributed by atoms with Crippen LogP contribution in [0.3, 0.4) is 0 Å². The molecule has 80 valence electrons. The van der Waals surface area contributed by atoms with Crippen LogP contribution in [-0.2, 0) is 0 Å². The lowest BCUT2D eigenvalue weighted by Crippen LogP contribution is -2.15. The first-order valence-corrected chi connectivity index (χ1v) is 5.33. The number of nitrogens with one attached hydrogen (secondary N) is 1.